The van der Waals surface area contributed by atoms with Gasteiger partial charge in [0.05, 0.1) is 11.6 Å². The third-order valence-electron chi connectivity index (χ3n) is 4.23. The van der Waals surface area contributed by atoms with Crippen LogP contribution in [0.1, 0.15) is 43.7 Å². The fraction of sp³-hybridized carbons (Fsp3) is 0.500. The third-order valence-corrected chi connectivity index (χ3v) is 4.23. The normalized spacial score (nSPS) is 22.1. The summed E-state index contributed by atoms with van der Waals surface area (Å²) in [6, 6.07) is 6.07. The maximum atomic E-state index is 13.4. The molecule has 0 radical (unpaired) electrons. The van der Waals surface area contributed by atoms with Crippen molar-refractivity contribution in [2.45, 2.75) is 44.7 Å². The molecule has 1 unspecified atom stereocenters. The van der Waals surface area contributed by atoms with Crippen molar-refractivity contribution >= 4 is 5.97 Å². The Morgan fingerprint density at radius 3 is 2.95 bits per heavy atom. The Kier molecular flexibility index (Phi) is 4.59. The van der Waals surface area contributed by atoms with Crippen molar-refractivity contribution in [2.75, 3.05) is 6.54 Å². The predicted octanol–water partition coefficient (Wildman–Crippen LogP) is 2.92. The van der Waals surface area contributed by atoms with Gasteiger partial charge in [-0.05, 0) is 49.6 Å². The fourth-order valence-corrected chi connectivity index (χ4v) is 3.22. The number of carboxylic acids is 1. The topological polar surface area (TPSA) is 64.3 Å². The zero-order valence-electron chi connectivity index (χ0n) is 12.1. The molecule has 1 atom stereocenters. The molecule has 2 rings (SSSR count). The van der Waals surface area contributed by atoms with Gasteiger partial charge >= 0.3 is 5.97 Å². The Hall–Kier alpha value is -1.93. The van der Waals surface area contributed by atoms with Gasteiger partial charge in [0.25, 0.3) is 0 Å². The minimum atomic E-state index is -0.881. The van der Waals surface area contributed by atoms with Crippen LogP contribution in [-0.4, -0.2) is 28.1 Å². The second-order valence-corrected chi connectivity index (χ2v) is 5.53. The van der Waals surface area contributed by atoms with E-state index in [1.807, 2.05) is 17.9 Å². The van der Waals surface area contributed by atoms with Gasteiger partial charge in [0.15, 0.2) is 0 Å². The maximum absolute atomic E-state index is 13.4. The van der Waals surface area contributed by atoms with Crippen molar-refractivity contribution < 1.29 is 14.3 Å². The zero-order valence-corrected chi connectivity index (χ0v) is 12.1. The van der Waals surface area contributed by atoms with Crippen molar-refractivity contribution in [3.8, 4) is 6.07 Å². The second kappa shape index (κ2) is 6.23. The van der Waals surface area contributed by atoms with E-state index in [9.17, 15) is 14.3 Å². The molecule has 0 aliphatic carbocycles. The monoisotopic (exact) mass is 290 g/mol. The first-order valence-electron chi connectivity index (χ1n) is 7.20. The number of nitriles is 1. The smallest absolute Gasteiger partial charge is 0.324 e. The molecule has 0 amide bonds. The Bertz CT molecular complexity index is 582. The van der Waals surface area contributed by atoms with Crippen molar-refractivity contribution in [2.24, 2.45) is 0 Å². The van der Waals surface area contributed by atoms with Crippen LogP contribution in [0.2, 0.25) is 0 Å². The summed E-state index contributed by atoms with van der Waals surface area (Å²) in [5.74, 6) is -1.23. The molecule has 1 aliphatic rings. The molecule has 1 fully saturated rings. The van der Waals surface area contributed by atoms with Gasteiger partial charge in [-0.1, -0.05) is 13.3 Å². The molecule has 0 aromatic heterocycles. The first-order chi connectivity index (χ1) is 10.0. The summed E-state index contributed by atoms with van der Waals surface area (Å²) >= 11 is 0. The lowest BCUT2D eigenvalue weighted by molar-refractivity contribution is -0.150. The molecule has 112 valence electrons. The van der Waals surface area contributed by atoms with E-state index in [2.05, 4.69) is 0 Å². The van der Waals surface area contributed by atoms with Gasteiger partial charge in [0, 0.05) is 6.54 Å². The summed E-state index contributed by atoms with van der Waals surface area (Å²) in [7, 11) is 0. The molecule has 21 heavy (non-hydrogen) atoms. The number of aliphatic carboxylic acids is 1. The van der Waals surface area contributed by atoms with Crippen molar-refractivity contribution in [1.82, 2.24) is 4.90 Å². The first-order valence-corrected chi connectivity index (χ1v) is 7.20. The van der Waals surface area contributed by atoms with Crippen LogP contribution in [0.15, 0.2) is 18.2 Å². The minimum absolute atomic E-state index is 0.299. The molecule has 1 aromatic carbocycles. The fourth-order valence-electron chi connectivity index (χ4n) is 3.22. The number of carbonyl (C=O) groups is 1. The molecule has 0 saturated carbocycles. The molecule has 0 spiro atoms. The zero-order chi connectivity index (χ0) is 15.5. The Balaban J connectivity index is 2.32. The van der Waals surface area contributed by atoms with E-state index in [1.165, 1.54) is 18.2 Å². The molecule has 5 heteroatoms. The number of benzene rings is 1. The van der Waals surface area contributed by atoms with E-state index in [0.29, 0.717) is 37.1 Å². The lowest BCUT2D eigenvalue weighted by atomic mass is 9.90. The summed E-state index contributed by atoms with van der Waals surface area (Å²) in [6.45, 7) is 2.92. The van der Waals surface area contributed by atoms with Gasteiger partial charge in [0.2, 0.25) is 0 Å². The standard InChI is InChI=1S/C16H19FN2O2/c1-2-6-16(15(20)21)7-3-8-19(16)11-13-9-14(17)5-4-12(13)10-18/h4-5,9H,2-3,6-8,11H2,1H3,(H,20,21). The predicted molar refractivity (Wildman–Crippen MR) is 76.0 cm³/mol. The van der Waals surface area contributed by atoms with Crippen LogP contribution in [-0.2, 0) is 11.3 Å². The van der Waals surface area contributed by atoms with Crippen LogP contribution in [0, 0.1) is 17.1 Å². The molecule has 1 saturated heterocycles. The number of hydrogen-bond donors (Lipinski definition) is 1. The van der Waals surface area contributed by atoms with Gasteiger partial charge in [-0.3, -0.25) is 9.69 Å². The highest BCUT2D eigenvalue weighted by atomic mass is 19.1. The first kappa shape index (κ1) is 15.5. The number of rotatable bonds is 5. The Labute approximate surface area is 123 Å². The molecule has 1 heterocycles. The van der Waals surface area contributed by atoms with Crippen LogP contribution in [0.4, 0.5) is 4.39 Å². The summed E-state index contributed by atoms with van der Waals surface area (Å²) in [4.78, 5) is 13.6. The van der Waals surface area contributed by atoms with E-state index in [1.54, 1.807) is 0 Å². The molecule has 4 nitrogen and oxygen atoms in total. The SMILES string of the molecule is CCCC1(C(=O)O)CCCN1Cc1cc(F)ccc1C#N. The van der Waals surface area contributed by atoms with Gasteiger partial charge in [-0.2, -0.15) is 5.26 Å². The quantitative estimate of drug-likeness (QED) is 0.905. The number of halogens is 1. The summed E-state index contributed by atoms with van der Waals surface area (Å²) in [5, 5.41) is 18.8. The molecule has 1 aromatic rings. The Morgan fingerprint density at radius 2 is 2.33 bits per heavy atom. The van der Waals surface area contributed by atoms with E-state index >= 15 is 0 Å². The number of hydrogen-bond acceptors (Lipinski definition) is 3. The summed E-state index contributed by atoms with van der Waals surface area (Å²) in [6.07, 6.45) is 2.76. The molecular weight excluding hydrogens is 271 g/mol. The highest BCUT2D eigenvalue weighted by molar-refractivity contribution is 5.79. The number of carboxylic acid groups (broad SMARTS) is 1. The van der Waals surface area contributed by atoms with Crippen molar-refractivity contribution in [3.05, 3.63) is 35.1 Å². The molecule has 1 N–H and O–H groups in total. The summed E-state index contributed by atoms with van der Waals surface area (Å²) in [5.41, 5.74) is 0.0774. The molecule has 0 bridgehead atoms. The van der Waals surface area contributed by atoms with Gasteiger partial charge in [-0.25, -0.2) is 4.39 Å². The third kappa shape index (κ3) is 2.91. The van der Waals surface area contributed by atoms with E-state index in [0.717, 1.165) is 12.8 Å². The van der Waals surface area contributed by atoms with Crippen LogP contribution in [0.25, 0.3) is 0 Å². The van der Waals surface area contributed by atoms with Gasteiger partial charge in [-0.15, -0.1) is 0 Å². The summed E-state index contributed by atoms with van der Waals surface area (Å²) < 4.78 is 13.4. The van der Waals surface area contributed by atoms with E-state index < -0.39 is 17.3 Å². The second-order valence-electron chi connectivity index (χ2n) is 5.53. The lowest BCUT2D eigenvalue weighted by Crippen LogP contribution is -2.50. The highest BCUT2D eigenvalue weighted by Crippen LogP contribution is 2.35. The van der Waals surface area contributed by atoms with Crippen LogP contribution >= 0.6 is 0 Å². The van der Waals surface area contributed by atoms with E-state index in [4.69, 9.17) is 5.26 Å². The maximum Gasteiger partial charge on any atom is 0.324 e. The van der Waals surface area contributed by atoms with Crippen LogP contribution < -0.4 is 0 Å². The molecule has 1 aliphatic heterocycles. The van der Waals surface area contributed by atoms with Crippen molar-refractivity contribution in [3.63, 3.8) is 0 Å². The Morgan fingerprint density at radius 1 is 1.57 bits per heavy atom. The van der Waals surface area contributed by atoms with Crippen LogP contribution in [0.3, 0.4) is 0 Å². The number of nitrogens with zero attached hydrogens (tertiary/aromatic N) is 2. The van der Waals surface area contributed by atoms with Crippen LogP contribution in [0.5, 0.6) is 0 Å². The number of likely N-dealkylation sites (tertiary alicyclic amines) is 1. The van der Waals surface area contributed by atoms with Gasteiger partial charge < -0.3 is 5.11 Å². The van der Waals surface area contributed by atoms with Crippen molar-refractivity contribution in [1.29, 1.82) is 5.26 Å². The average Bonchev–Trinajstić information content (AvgIpc) is 2.84. The highest BCUT2D eigenvalue weighted by Gasteiger charge is 2.46. The molecular formula is C16H19FN2O2. The van der Waals surface area contributed by atoms with Gasteiger partial charge in [0.1, 0.15) is 11.4 Å². The lowest BCUT2D eigenvalue weighted by Gasteiger charge is -2.34. The average molecular weight is 290 g/mol. The minimum Gasteiger partial charge on any atom is -0.480 e. The largest absolute Gasteiger partial charge is 0.480 e. The van der Waals surface area contributed by atoms with E-state index in [-0.39, 0.29) is 0 Å².